The van der Waals surface area contributed by atoms with E-state index in [2.05, 4.69) is 29.4 Å². The van der Waals surface area contributed by atoms with E-state index in [0.29, 0.717) is 13.0 Å². The molecule has 1 aromatic rings. The molecule has 0 radical (unpaired) electrons. The monoisotopic (exact) mass is 287 g/mol. The van der Waals surface area contributed by atoms with Gasteiger partial charge in [-0.2, -0.15) is 5.26 Å². The Morgan fingerprint density at radius 2 is 2.38 bits per heavy atom. The summed E-state index contributed by atoms with van der Waals surface area (Å²) in [5.41, 5.74) is 1.11. The number of nitrogens with zero attached hydrogens (tertiary/aromatic N) is 2. The fraction of sp³-hybridized carbons (Fsp3) is 0.588. The first kappa shape index (κ1) is 15.7. The van der Waals surface area contributed by atoms with E-state index in [-0.39, 0.29) is 0 Å². The normalized spacial score (nSPS) is 19.0. The molecule has 0 amide bonds. The average molecular weight is 287 g/mol. The van der Waals surface area contributed by atoms with Gasteiger partial charge in [-0.1, -0.05) is 6.07 Å². The van der Waals surface area contributed by atoms with Crippen LogP contribution in [0.4, 0.5) is 5.69 Å². The summed E-state index contributed by atoms with van der Waals surface area (Å²) in [7, 11) is 2.20. The highest BCUT2D eigenvalue weighted by atomic mass is 16.5. The fourth-order valence-corrected chi connectivity index (χ4v) is 2.74. The first-order valence-electron chi connectivity index (χ1n) is 7.80. The van der Waals surface area contributed by atoms with E-state index in [1.54, 1.807) is 0 Å². The predicted octanol–water partition coefficient (Wildman–Crippen LogP) is 3.12. The number of hydrogen-bond acceptors (Lipinski definition) is 4. The van der Waals surface area contributed by atoms with Crippen LogP contribution in [-0.4, -0.2) is 38.2 Å². The van der Waals surface area contributed by atoms with Gasteiger partial charge in [0.25, 0.3) is 0 Å². The second-order valence-electron chi connectivity index (χ2n) is 5.79. The van der Waals surface area contributed by atoms with Crippen molar-refractivity contribution >= 4 is 5.69 Å². The van der Waals surface area contributed by atoms with Crippen LogP contribution in [0.2, 0.25) is 0 Å². The van der Waals surface area contributed by atoms with Gasteiger partial charge in [0.2, 0.25) is 0 Å². The lowest BCUT2D eigenvalue weighted by Crippen LogP contribution is -2.35. The number of unbranched alkanes of at least 4 members (excludes halogenated alkanes) is 1. The first-order valence-corrected chi connectivity index (χ1v) is 7.80. The Bertz CT molecular complexity index is 469. The summed E-state index contributed by atoms with van der Waals surface area (Å²) in [5, 5.41) is 12.0. The Hall–Kier alpha value is -1.73. The van der Waals surface area contributed by atoms with Crippen molar-refractivity contribution in [3.63, 3.8) is 0 Å². The van der Waals surface area contributed by atoms with E-state index in [4.69, 9.17) is 10.00 Å². The van der Waals surface area contributed by atoms with Crippen molar-refractivity contribution in [3.05, 3.63) is 24.3 Å². The molecular formula is C17H25N3O. The van der Waals surface area contributed by atoms with Crippen LogP contribution >= 0.6 is 0 Å². The zero-order valence-electron chi connectivity index (χ0n) is 12.8. The number of benzene rings is 1. The van der Waals surface area contributed by atoms with Crippen LogP contribution in [0.1, 0.15) is 25.7 Å². The number of nitriles is 1. The molecule has 0 aliphatic carbocycles. The highest BCUT2D eigenvalue weighted by Gasteiger charge is 2.16. The first-order chi connectivity index (χ1) is 10.3. The maximum Gasteiger partial charge on any atom is 0.121 e. The smallest absolute Gasteiger partial charge is 0.121 e. The summed E-state index contributed by atoms with van der Waals surface area (Å²) in [6.07, 6.45) is 3.93. The lowest BCUT2D eigenvalue weighted by molar-refractivity contribution is 0.217. The van der Waals surface area contributed by atoms with E-state index in [0.717, 1.165) is 30.3 Å². The van der Waals surface area contributed by atoms with Crippen LogP contribution in [0.5, 0.6) is 5.75 Å². The van der Waals surface area contributed by atoms with Crippen molar-refractivity contribution in [2.45, 2.75) is 25.7 Å². The van der Waals surface area contributed by atoms with E-state index in [1.165, 1.54) is 25.9 Å². The van der Waals surface area contributed by atoms with Gasteiger partial charge in [-0.05, 0) is 50.9 Å². The molecule has 1 N–H and O–H groups in total. The van der Waals surface area contributed by atoms with E-state index < -0.39 is 0 Å². The van der Waals surface area contributed by atoms with Crippen molar-refractivity contribution in [1.82, 2.24) is 4.90 Å². The molecule has 1 saturated heterocycles. The quantitative estimate of drug-likeness (QED) is 0.783. The summed E-state index contributed by atoms with van der Waals surface area (Å²) in [6, 6.07) is 10.2. The highest BCUT2D eigenvalue weighted by Crippen LogP contribution is 2.20. The molecular weight excluding hydrogens is 262 g/mol. The summed E-state index contributed by atoms with van der Waals surface area (Å²) in [5.74, 6) is 1.60. The summed E-state index contributed by atoms with van der Waals surface area (Å²) in [6.45, 7) is 4.02. The van der Waals surface area contributed by atoms with Crippen molar-refractivity contribution in [1.29, 1.82) is 5.26 Å². The summed E-state index contributed by atoms with van der Waals surface area (Å²) >= 11 is 0. The zero-order valence-corrected chi connectivity index (χ0v) is 12.8. The Morgan fingerprint density at radius 3 is 3.19 bits per heavy atom. The van der Waals surface area contributed by atoms with Crippen LogP contribution in [-0.2, 0) is 0 Å². The molecule has 1 fully saturated rings. The topological polar surface area (TPSA) is 48.3 Å². The van der Waals surface area contributed by atoms with E-state index in [9.17, 15) is 0 Å². The molecule has 0 bridgehead atoms. The molecule has 1 unspecified atom stereocenters. The molecule has 1 aromatic carbocycles. The Morgan fingerprint density at radius 1 is 1.48 bits per heavy atom. The van der Waals surface area contributed by atoms with Gasteiger partial charge in [0.1, 0.15) is 5.75 Å². The minimum absolute atomic E-state index is 0.549. The predicted molar refractivity (Wildman–Crippen MR) is 85.5 cm³/mol. The van der Waals surface area contributed by atoms with Gasteiger partial charge < -0.3 is 15.0 Å². The van der Waals surface area contributed by atoms with Gasteiger partial charge in [-0.25, -0.2) is 0 Å². The van der Waals surface area contributed by atoms with Crippen LogP contribution in [0, 0.1) is 17.2 Å². The second-order valence-corrected chi connectivity index (χ2v) is 5.79. The third kappa shape index (κ3) is 5.65. The van der Waals surface area contributed by atoms with Crippen LogP contribution < -0.4 is 10.1 Å². The lowest BCUT2D eigenvalue weighted by atomic mass is 9.98. The fourth-order valence-electron chi connectivity index (χ4n) is 2.74. The van der Waals surface area contributed by atoms with Gasteiger partial charge in [0.15, 0.2) is 0 Å². The van der Waals surface area contributed by atoms with Crippen molar-refractivity contribution < 1.29 is 4.74 Å². The Labute approximate surface area is 127 Å². The minimum Gasteiger partial charge on any atom is -0.493 e. The second kappa shape index (κ2) is 8.53. The van der Waals surface area contributed by atoms with Crippen LogP contribution in [0.3, 0.4) is 0 Å². The maximum absolute atomic E-state index is 8.50. The molecule has 114 valence electrons. The molecule has 21 heavy (non-hydrogen) atoms. The number of anilines is 1. The van der Waals surface area contributed by atoms with Crippen molar-refractivity contribution in [2.75, 3.05) is 38.6 Å². The van der Waals surface area contributed by atoms with Crippen LogP contribution in [0.25, 0.3) is 0 Å². The Kier molecular flexibility index (Phi) is 6.36. The van der Waals surface area contributed by atoms with Gasteiger partial charge in [0, 0.05) is 31.3 Å². The molecule has 0 saturated carbocycles. The molecule has 1 aliphatic heterocycles. The van der Waals surface area contributed by atoms with Gasteiger partial charge in [-0.15, -0.1) is 0 Å². The highest BCUT2D eigenvalue weighted by molar-refractivity contribution is 5.48. The molecule has 0 aromatic heterocycles. The van der Waals surface area contributed by atoms with Crippen molar-refractivity contribution in [3.8, 4) is 11.8 Å². The molecule has 4 nitrogen and oxygen atoms in total. The van der Waals surface area contributed by atoms with E-state index >= 15 is 0 Å². The third-order valence-electron chi connectivity index (χ3n) is 3.85. The molecule has 1 aliphatic rings. The van der Waals surface area contributed by atoms with Crippen LogP contribution in [0.15, 0.2) is 24.3 Å². The number of likely N-dealkylation sites (tertiary alicyclic amines) is 1. The largest absolute Gasteiger partial charge is 0.493 e. The number of piperidine rings is 1. The number of rotatable bonds is 7. The van der Waals surface area contributed by atoms with Gasteiger partial charge >= 0.3 is 0 Å². The Balaban J connectivity index is 1.76. The third-order valence-corrected chi connectivity index (χ3v) is 3.85. The molecule has 1 atom stereocenters. The number of hydrogen-bond donors (Lipinski definition) is 1. The number of nitrogens with one attached hydrogen (secondary N) is 1. The standard InChI is InChI=1S/C17H25N3O/c1-20-10-5-6-15(14-20)13-19-16-7-4-8-17(12-16)21-11-3-2-9-18/h4,7-8,12,15,19H,2-3,5-6,10-11,13-14H2,1H3. The molecule has 4 heteroatoms. The average Bonchev–Trinajstić information content (AvgIpc) is 2.50. The maximum atomic E-state index is 8.50. The summed E-state index contributed by atoms with van der Waals surface area (Å²) < 4.78 is 5.66. The van der Waals surface area contributed by atoms with E-state index in [1.807, 2.05) is 18.2 Å². The SMILES string of the molecule is CN1CCCC(CNc2cccc(OCCCC#N)c2)C1. The minimum atomic E-state index is 0.549. The molecule has 0 spiro atoms. The lowest BCUT2D eigenvalue weighted by Gasteiger charge is -2.30. The number of ether oxygens (including phenoxy) is 1. The van der Waals surface area contributed by atoms with Gasteiger partial charge in [-0.3, -0.25) is 0 Å². The molecule has 1 heterocycles. The summed E-state index contributed by atoms with van der Waals surface area (Å²) in [4.78, 5) is 2.41. The molecule has 2 rings (SSSR count). The zero-order chi connectivity index (χ0) is 14.9. The van der Waals surface area contributed by atoms with Gasteiger partial charge in [0.05, 0.1) is 12.7 Å². The van der Waals surface area contributed by atoms with Crippen molar-refractivity contribution in [2.24, 2.45) is 5.92 Å².